The van der Waals surface area contributed by atoms with Gasteiger partial charge in [0.25, 0.3) is 0 Å². The maximum atomic E-state index is 6.07. The molecule has 1 fully saturated rings. The fraction of sp³-hybridized carbons (Fsp3) is 0.538. The summed E-state index contributed by atoms with van der Waals surface area (Å²) in [5.74, 6) is 0. The van der Waals surface area contributed by atoms with E-state index < -0.39 is 0 Å². The lowest BCUT2D eigenvalue weighted by Gasteiger charge is -2.21. The van der Waals surface area contributed by atoms with Gasteiger partial charge in [-0.1, -0.05) is 17.7 Å². The highest BCUT2D eigenvalue weighted by molar-refractivity contribution is 5.46. The Labute approximate surface area is 92.1 Å². The lowest BCUT2D eigenvalue weighted by molar-refractivity contribution is 0.606. The highest BCUT2D eigenvalue weighted by atomic mass is 15.1. The van der Waals surface area contributed by atoms with Crippen molar-refractivity contribution in [3.63, 3.8) is 0 Å². The van der Waals surface area contributed by atoms with E-state index in [9.17, 15) is 0 Å². The Balaban J connectivity index is 1.89. The molecule has 2 heteroatoms. The fourth-order valence-electron chi connectivity index (χ4n) is 1.73. The Morgan fingerprint density at radius 3 is 2.40 bits per heavy atom. The first kappa shape index (κ1) is 10.5. The van der Waals surface area contributed by atoms with Crippen LogP contribution in [-0.2, 0) is 0 Å². The summed E-state index contributed by atoms with van der Waals surface area (Å²) >= 11 is 0. The summed E-state index contributed by atoms with van der Waals surface area (Å²) in [6.45, 7) is 3.17. The number of aryl methyl sites for hydroxylation is 1. The molecule has 0 saturated heterocycles. The third-order valence-electron chi connectivity index (χ3n) is 3.31. The van der Waals surface area contributed by atoms with Gasteiger partial charge in [0.05, 0.1) is 0 Å². The zero-order valence-electron chi connectivity index (χ0n) is 9.66. The van der Waals surface area contributed by atoms with Crippen molar-refractivity contribution in [2.24, 2.45) is 5.73 Å². The van der Waals surface area contributed by atoms with Crippen molar-refractivity contribution < 1.29 is 0 Å². The van der Waals surface area contributed by atoms with Crippen LogP contribution in [0, 0.1) is 6.92 Å². The van der Waals surface area contributed by atoms with Crippen LogP contribution in [-0.4, -0.2) is 19.1 Å². The molecule has 15 heavy (non-hydrogen) atoms. The van der Waals surface area contributed by atoms with Gasteiger partial charge in [0.1, 0.15) is 0 Å². The summed E-state index contributed by atoms with van der Waals surface area (Å²) in [5.41, 5.74) is 8.83. The number of nitrogens with two attached hydrogens (primary N) is 1. The van der Waals surface area contributed by atoms with Gasteiger partial charge in [0.2, 0.25) is 0 Å². The van der Waals surface area contributed by atoms with E-state index >= 15 is 0 Å². The topological polar surface area (TPSA) is 29.3 Å². The van der Waals surface area contributed by atoms with Gasteiger partial charge in [-0.05, 0) is 38.3 Å². The van der Waals surface area contributed by atoms with Crippen molar-refractivity contribution in [3.05, 3.63) is 29.8 Å². The molecule has 1 aliphatic carbocycles. The van der Waals surface area contributed by atoms with Crippen molar-refractivity contribution in [1.29, 1.82) is 0 Å². The maximum Gasteiger partial charge on any atom is 0.0363 e. The summed E-state index contributed by atoms with van der Waals surface area (Å²) in [5, 5.41) is 0. The predicted octanol–water partition coefficient (Wildman–Crippen LogP) is 2.31. The average molecular weight is 204 g/mol. The fourth-order valence-corrected chi connectivity index (χ4v) is 1.73. The smallest absolute Gasteiger partial charge is 0.0363 e. The van der Waals surface area contributed by atoms with Crippen LogP contribution in [0.15, 0.2) is 24.3 Å². The van der Waals surface area contributed by atoms with E-state index in [1.54, 1.807) is 0 Å². The first-order valence-electron chi connectivity index (χ1n) is 5.66. The van der Waals surface area contributed by atoms with Crippen molar-refractivity contribution in [1.82, 2.24) is 0 Å². The van der Waals surface area contributed by atoms with E-state index in [0.29, 0.717) is 0 Å². The molecule has 0 spiro atoms. The molecule has 2 rings (SSSR count). The number of benzene rings is 1. The first-order chi connectivity index (χ1) is 7.09. The first-order valence-corrected chi connectivity index (χ1v) is 5.66. The molecule has 0 heterocycles. The van der Waals surface area contributed by atoms with E-state index in [1.807, 2.05) is 0 Å². The Bertz CT molecular complexity index is 325. The van der Waals surface area contributed by atoms with Crippen LogP contribution in [0.5, 0.6) is 0 Å². The van der Waals surface area contributed by atoms with Gasteiger partial charge >= 0.3 is 0 Å². The lowest BCUT2D eigenvalue weighted by atomic mass is 10.1. The van der Waals surface area contributed by atoms with Crippen LogP contribution in [0.3, 0.4) is 0 Å². The summed E-state index contributed by atoms with van der Waals surface area (Å²) in [4.78, 5) is 2.28. The van der Waals surface area contributed by atoms with Gasteiger partial charge in [-0.25, -0.2) is 0 Å². The summed E-state index contributed by atoms with van der Waals surface area (Å²) in [7, 11) is 2.14. The van der Waals surface area contributed by atoms with Crippen molar-refractivity contribution in [3.8, 4) is 0 Å². The maximum absolute atomic E-state index is 6.07. The van der Waals surface area contributed by atoms with E-state index in [1.165, 1.54) is 24.1 Å². The molecule has 0 bridgehead atoms. The molecular formula is C13H20N2. The van der Waals surface area contributed by atoms with Crippen LogP contribution in [0.2, 0.25) is 0 Å². The molecule has 1 aromatic rings. The van der Waals surface area contributed by atoms with Gasteiger partial charge < -0.3 is 10.6 Å². The second-order valence-electron chi connectivity index (χ2n) is 4.87. The van der Waals surface area contributed by atoms with E-state index in [-0.39, 0.29) is 5.54 Å². The zero-order chi connectivity index (χ0) is 10.9. The molecule has 0 unspecified atom stereocenters. The number of rotatable bonds is 4. The third kappa shape index (κ3) is 2.72. The summed E-state index contributed by atoms with van der Waals surface area (Å²) in [6.07, 6.45) is 3.51. The molecule has 0 aromatic heterocycles. The number of hydrogen-bond donors (Lipinski definition) is 1. The minimum absolute atomic E-state index is 0.166. The molecule has 2 N–H and O–H groups in total. The van der Waals surface area contributed by atoms with Gasteiger partial charge in [-0.2, -0.15) is 0 Å². The van der Waals surface area contributed by atoms with Crippen molar-refractivity contribution in [2.45, 2.75) is 31.7 Å². The van der Waals surface area contributed by atoms with E-state index in [0.717, 1.165) is 13.0 Å². The Morgan fingerprint density at radius 1 is 1.27 bits per heavy atom. The summed E-state index contributed by atoms with van der Waals surface area (Å²) < 4.78 is 0. The lowest BCUT2D eigenvalue weighted by Crippen LogP contribution is -2.29. The average Bonchev–Trinajstić information content (AvgIpc) is 2.95. The molecule has 1 aliphatic rings. The van der Waals surface area contributed by atoms with E-state index in [2.05, 4.69) is 43.1 Å². The molecule has 0 amide bonds. The van der Waals surface area contributed by atoms with Crippen molar-refractivity contribution in [2.75, 3.05) is 18.5 Å². The molecule has 0 aliphatic heterocycles. The Morgan fingerprint density at radius 2 is 1.87 bits per heavy atom. The van der Waals surface area contributed by atoms with Gasteiger partial charge in [-0.3, -0.25) is 0 Å². The Kier molecular flexibility index (Phi) is 2.70. The molecule has 1 saturated carbocycles. The van der Waals surface area contributed by atoms with Crippen LogP contribution in [0.1, 0.15) is 24.8 Å². The normalized spacial score (nSPS) is 17.5. The molecule has 0 radical (unpaired) electrons. The highest BCUT2D eigenvalue weighted by Crippen LogP contribution is 2.35. The second-order valence-corrected chi connectivity index (χ2v) is 4.87. The molecule has 2 nitrogen and oxygen atoms in total. The minimum Gasteiger partial charge on any atom is -0.375 e. The molecule has 1 aromatic carbocycles. The van der Waals surface area contributed by atoms with Crippen molar-refractivity contribution >= 4 is 5.69 Å². The second kappa shape index (κ2) is 3.86. The van der Waals surface area contributed by atoms with Crippen LogP contribution in [0.25, 0.3) is 0 Å². The van der Waals surface area contributed by atoms with Gasteiger partial charge in [0.15, 0.2) is 0 Å². The minimum atomic E-state index is 0.166. The molecule has 0 atom stereocenters. The zero-order valence-corrected chi connectivity index (χ0v) is 9.66. The quantitative estimate of drug-likeness (QED) is 0.815. The van der Waals surface area contributed by atoms with Gasteiger partial charge in [-0.15, -0.1) is 0 Å². The van der Waals surface area contributed by atoms with E-state index in [4.69, 9.17) is 5.73 Å². The van der Waals surface area contributed by atoms with Crippen LogP contribution in [0.4, 0.5) is 5.69 Å². The predicted molar refractivity (Wildman–Crippen MR) is 65.2 cm³/mol. The standard InChI is InChI=1S/C13H20N2/c1-11-3-5-12(6-4-11)15(2)10-9-13(14)7-8-13/h3-6H,7-10,14H2,1-2H3. The molecule has 82 valence electrons. The van der Waals surface area contributed by atoms with Crippen LogP contribution < -0.4 is 10.6 Å². The van der Waals surface area contributed by atoms with Crippen LogP contribution >= 0.6 is 0 Å². The highest BCUT2D eigenvalue weighted by Gasteiger charge is 2.37. The third-order valence-corrected chi connectivity index (χ3v) is 3.31. The van der Waals surface area contributed by atoms with Gasteiger partial charge in [0, 0.05) is 24.8 Å². The monoisotopic (exact) mass is 204 g/mol. The SMILES string of the molecule is Cc1ccc(N(C)CCC2(N)CC2)cc1. The largest absolute Gasteiger partial charge is 0.375 e. The number of anilines is 1. The summed E-state index contributed by atoms with van der Waals surface area (Å²) in [6, 6.07) is 8.65. The number of nitrogens with zero attached hydrogens (tertiary/aromatic N) is 1. The molecular weight excluding hydrogens is 184 g/mol. The number of hydrogen-bond acceptors (Lipinski definition) is 2. The Hall–Kier alpha value is -1.02.